The minimum Gasteiger partial charge on any atom is -0.507 e. The molecule has 7 nitrogen and oxygen atoms in total. The Morgan fingerprint density at radius 2 is 2.29 bits per heavy atom. The summed E-state index contributed by atoms with van der Waals surface area (Å²) >= 11 is 0. The van der Waals surface area contributed by atoms with E-state index in [1.165, 1.54) is 6.07 Å². The van der Waals surface area contributed by atoms with Crippen LogP contribution < -0.4 is 4.72 Å². The molecule has 2 N–H and O–H groups in total. The van der Waals surface area contributed by atoms with Crippen LogP contribution in [0.25, 0.3) is 0 Å². The summed E-state index contributed by atoms with van der Waals surface area (Å²) in [6.45, 7) is 0.814. The van der Waals surface area contributed by atoms with Crippen LogP contribution in [0.5, 0.6) is 5.75 Å². The van der Waals surface area contributed by atoms with Crippen molar-refractivity contribution in [3.8, 4) is 5.75 Å². The average molecular weight is 315 g/mol. The van der Waals surface area contributed by atoms with Gasteiger partial charge in [-0.15, -0.1) is 0 Å². The number of carbonyl (C=O) groups is 1. The van der Waals surface area contributed by atoms with Gasteiger partial charge in [-0.3, -0.25) is 0 Å². The van der Waals surface area contributed by atoms with Crippen LogP contribution in [0.2, 0.25) is 0 Å². The number of sulfonamides is 1. The van der Waals surface area contributed by atoms with Crippen LogP contribution in [0.1, 0.15) is 23.2 Å². The fourth-order valence-corrected chi connectivity index (χ4v) is 3.14. The van der Waals surface area contributed by atoms with Crippen molar-refractivity contribution in [1.29, 1.82) is 0 Å². The van der Waals surface area contributed by atoms with Crippen LogP contribution in [0, 0.1) is 0 Å². The number of rotatable bonds is 5. The van der Waals surface area contributed by atoms with E-state index < -0.39 is 16.0 Å². The van der Waals surface area contributed by atoms with Gasteiger partial charge in [-0.25, -0.2) is 17.9 Å². The summed E-state index contributed by atoms with van der Waals surface area (Å²) in [5.74, 6) is -1.14. The maximum Gasteiger partial charge on any atom is 0.341 e. The molecular formula is C13H17NO6S. The van der Waals surface area contributed by atoms with Gasteiger partial charge in [0.05, 0.1) is 18.1 Å². The SMILES string of the molecule is COC(=O)c1cc(S(=O)(=O)NCC2CCCO2)ccc1O. The second kappa shape index (κ2) is 6.42. The zero-order valence-electron chi connectivity index (χ0n) is 11.5. The minimum atomic E-state index is -3.78. The third-order valence-corrected chi connectivity index (χ3v) is 4.63. The molecule has 1 heterocycles. The van der Waals surface area contributed by atoms with Gasteiger partial charge in [-0.2, -0.15) is 0 Å². The summed E-state index contributed by atoms with van der Waals surface area (Å²) in [6.07, 6.45) is 1.60. The second-order valence-corrected chi connectivity index (χ2v) is 6.42. The lowest BCUT2D eigenvalue weighted by Crippen LogP contribution is -2.31. The van der Waals surface area contributed by atoms with E-state index in [9.17, 15) is 18.3 Å². The van der Waals surface area contributed by atoms with Crippen LogP contribution in [0.4, 0.5) is 0 Å². The monoisotopic (exact) mass is 315 g/mol. The lowest BCUT2D eigenvalue weighted by Gasteiger charge is -2.12. The number of phenolic OH excluding ortho intramolecular Hbond substituents is 1. The minimum absolute atomic E-state index is 0.112. The van der Waals surface area contributed by atoms with Gasteiger partial charge in [0, 0.05) is 13.2 Å². The maximum atomic E-state index is 12.2. The largest absolute Gasteiger partial charge is 0.507 e. The highest BCUT2D eigenvalue weighted by Gasteiger charge is 2.22. The molecule has 0 saturated carbocycles. The molecule has 1 atom stereocenters. The molecule has 8 heteroatoms. The number of nitrogens with one attached hydrogen (secondary N) is 1. The first kappa shape index (κ1) is 15.7. The maximum absolute atomic E-state index is 12.2. The molecule has 0 aliphatic carbocycles. The zero-order valence-corrected chi connectivity index (χ0v) is 12.4. The van der Waals surface area contributed by atoms with Crippen LogP contribution in [-0.2, 0) is 19.5 Å². The van der Waals surface area contributed by atoms with Gasteiger partial charge in [0.2, 0.25) is 10.0 Å². The molecule has 0 amide bonds. The highest BCUT2D eigenvalue weighted by molar-refractivity contribution is 7.89. The molecule has 116 valence electrons. The van der Waals surface area contributed by atoms with Crippen molar-refractivity contribution in [2.45, 2.75) is 23.8 Å². The molecule has 0 radical (unpaired) electrons. The number of carbonyl (C=O) groups excluding carboxylic acids is 1. The third-order valence-electron chi connectivity index (χ3n) is 3.21. The Bertz CT molecular complexity index is 622. The van der Waals surface area contributed by atoms with Crippen molar-refractivity contribution in [1.82, 2.24) is 4.72 Å². The fourth-order valence-electron chi connectivity index (χ4n) is 2.05. The Kier molecular flexibility index (Phi) is 4.81. The second-order valence-electron chi connectivity index (χ2n) is 4.66. The summed E-state index contributed by atoms with van der Waals surface area (Å²) < 4.78 is 36.6. The van der Waals surface area contributed by atoms with Gasteiger partial charge in [0.25, 0.3) is 0 Å². The molecular weight excluding hydrogens is 298 g/mol. The van der Waals surface area contributed by atoms with E-state index in [0.717, 1.165) is 32.1 Å². The highest BCUT2D eigenvalue weighted by Crippen LogP contribution is 2.22. The van der Waals surface area contributed by atoms with Crippen molar-refractivity contribution < 1.29 is 27.8 Å². The molecule has 1 aromatic rings. The molecule has 21 heavy (non-hydrogen) atoms. The van der Waals surface area contributed by atoms with E-state index in [1.807, 2.05) is 0 Å². The van der Waals surface area contributed by atoms with E-state index in [0.29, 0.717) is 6.61 Å². The molecule has 1 aromatic carbocycles. The zero-order chi connectivity index (χ0) is 15.5. The molecule has 1 aliphatic heterocycles. The van der Waals surface area contributed by atoms with Crippen LogP contribution >= 0.6 is 0 Å². The molecule has 0 bridgehead atoms. The molecule has 1 saturated heterocycles. The number of hydrogen-bond acceptors (Lipinski definition) is 6. The van der Waals surface area contributed by atoms with Gasteiger partial charge in [-0.1, -0.05) is 0 Å². The van der Waals surface area contributed by atoms with Gasteiger partial charge in [-0.05, 0) is 31.0 Å². The molecule has 0 aromatic heterocycles. The molecule has 1 unspecified atom stereocenters. The summed E-state index contributed by atoms with van der Waals surface area (Å²) in [6, 6.07) is 3.45. The van der Waals surface area contributed by atoms with E-state index in [1.54, 1.807) is 0 Å². The van der Waals surface area contributed by atoms with Crippen molar-refractivity contribution >= 4 is 16.0 Å². The van der Waals surface area contributed by atoms with Crippen LogP contribution in [0.15, 0.2) is 23.1 Å². The first-order valence-corrected chi connectivity index (χ1v) is 7.95. The van der Waals surface area contributed by atoms with Crippen LogP contribution in [-0.4, -0.2) is 45.9 Å². The lowest BCUT2D eigenvalue weighted by atomic mass is 10.2. The molecule has 2 rings (SSSR count). The Morgan fingerprint density at radius 1 is 1.52 bits per heavy atom. The van der Waals surface area contributed by atoms with Crippen molar-refractivity contribution in [3.63, 3.8) is 0 Å². The smallest absolute Gasteiger partial charge is 0.341 e. The predicted octanol–water partition coefficient (Wildman–Crippen LogP) is 0.636. The Balaban J connectivity index is 2.17. The number of esters is 1. The standard InChI is InChI=1S/C13H17NO6S/c1-19-13(16)11-7-10(4-5-12(11)15)21(17,18)14-8-9-3-2-6-20-9/h4-5,7,9,14-15H,2-3,6,8H2,1H3. The average Bonchev–Trinajstić information content (AvgIpc) is 2.98. The highest BCUT2D eigenvalue weighted by atomic mass is 32.2. The number of ether oxygens (including phenoxy) is 2. The van der Waals surface area contributed by atoms with Gasteiger partial charge >= 0.3 is 5.97 Å². The number of benzene rings is 1. The Hall–Kier alpha value is -1.64. The first-order chi connectivity index (χ1) is 9.94. The quantitative estimate of drug-likeness (QED) is 0.773. The summed E-state index contributed by atoms with van der Waals surface area (Å²) in [7, 11) is -2.63. The normalized spacial score (nSPS) is 18.6. The Morgan fingerprint density at radius 3 is 2.90 bits per heavy atom. The molecule has 0 spiro atoms. The molecule has 1 aliphatic rings. The van der Waals surface area contributed by atoms with Gasteiger partial charge in [0.15, 0.2) is 0 Å². The van der Waals surface area contributed by atoms with Gasteiger partial charge in [0.1, 0.15) is 11.3 Å². The number of aromatic hydroxyl groups is 1. The van der Waals surface area contributed by atoms with E-state index in [2.05, 4.69) is 9.46 Å². The van der Waals surface area contributed by atoms with Crippen molar-refractivity contribution in [2.24, 2.45) is 0 Å². The van der Waals surface area contributed by atoms with E-state index in [4.69, 9.17) is 4.74 Å². The van der Waals surface area contributed by atoms with Gasteiger partial charge < -0.3 is 14.6 Å². The van der Waals surface area contributed by atoms with Crippen molar-refractivity contribution in [3.05, 3.63) is 23.8 Å². The van der Waals surface area contributed by atoms with E-state index >= 15 is 0 Å². The summed E-state index contributed by atoms with van der Waals surface area (Å²) in [5.41, 5.74) is -0.197. The van der Waals surface area contributed by atoms with E-state index in [-0.39, 0.29) is 28.9 Å². The molecule has 1 fully saturated rings. The summed E-state index contributed by atoms with van der Waals surface area (Å²) in [4.78, 5) is 11.4. The summed E-state index contributed by atoms with van der Waals surface area (Å²) in [5, 5.41) is 9.57. The fraction of sp³-hybridized carbons (Fsp3) is 0.462. The number of phenols is 1. The van der Waals surface area contributed by atoms with Crippen molar-refractivity contribution in [2.75, 3.05) is 20.3 Å². The number of hydrogen-bond donors (Lipinski definition) is 2. The Labute approximate surface area is 122 Å². The lowest BCUT2D eigenvalue weighted by molar-refractivity contribution is 0.0597. The predicted molar refractivity (Wildman–Crippen MR) is 73.6 cm³/mol. The third kappa shape index (κ3) is 3.72. The first-order valence-electron chi connectivity index (χ1n) is 6.46. The number of methoxy groups -OCH3 is 1. The topological polar surface area (TPSA) is 102 Å². The van der Waals surface area contributed by atoms with Crippen LogP contribution in [0.3, 0.4) is 0 Å².